The number of ether oxygens (including phenoxy) is 1. The number of carbonyl (C=O) groups excluding carboxylic acids is 2. The van der Waals surface area contributed by atoms with Gasteiger partial charge in [-0.2, -0.15) is 0 Å². The molecule has 8 heteroatoms. The van der Waals surface area contributed by atoms with Crippen molar-refractivity contribution in [3.05, 3.63) is 48.2 Å². The Hall–Kier alpha value is -3.03. The SMILES string of the molecule is CCOC(=O)NCc1cc(C(=O)Nc2ccncn2)ccn1. The molecule has 2 aromatic rings. The van der Waals surface area contributed by atoms with E-state index in [0.29, 0.717) is 23.7 Å². The van der Waals surface area contributed by atoms with E-state index in [1.807, 2.05) is 0 Å². The van der Waals surface area contributed by atoms with Crippen molar-refractivity contribution in [1.82, 2.24) is 20.3 Å². The summed E-state index contributed by atoms with van der Waals surface area (Å²) < 4.78 is 4.75. The Kier molecular flexibility index (Phi) is 5.36. The number of carbonyl (C=O) groups is 2. The molecular weight excluding hydrogens is 286 g/mol. The van der Waals surface area contributed by atoms with Gasteiger partial charge in [-0.1, -0.05) is 0 Å². The quantitative estimate of drug-likeness (QED) is 0.864. The van der Waals surface area contributed by atoms with E-state index in [0.717, 1.165) is 0 Å². The summed E-state index contributed by atoms with van der Waals surface area (Å²) in [5, 5.41) is 5.18. The van der Waals surface area contributed by atoms with Gasteiger partial charge in [-0.15, -0.1) is 0 Å². The fourth-order valence-corrected chi connectivity index (χ4v) is 1.61. The highest BCUT2D eigenvalue weighted by molar-refractivity contribution is 6.03. The van der Waals surface area contributed by atoms with Crippen molar-refractivity contribution < 1.29 is 14.3 Å². The van der Waals surface area contributed by atoms with Crippen LogP contribution in [0.2, 0.25) is 0 Å². The summed E-state index contributed by atoms with van der Waals surface area (Å²) >= 11 is 0. The first-order chi connectivity index (χ1) is 10.7. The lowest BCUT2D eigenvalue weighted by Crippen LogP contribution is -2.24. The molecule has 0 aliphatic heterocycles. The number of alkyl carbamates (subject to hydrolysis) is 1. The third-order valence-electron chi connectivity index (χ3n) is 2.59. The number of nitrogens with zero attached hydrogens (tertiary/aromatic N) is 3. The van der Waals surface area contributed by atoms with Crippen LogP contribution in [0.5, 0.6) is 0 Å². The third kappa shape index (κ3) is 4.51. The van der Waals surface area contributed by atoms with Crippen LogP contribution in [0.4, 0.5) is 10.6 Å². The summed E-state index contributed by atoms with van der Waals surface area (Å²) in [6, 6.07) is 4.75. The van der Waals surface area contributed by atoms with Gasteiger partial charge < -0.3 is 15.4 Å². The van der Waals surface area contributed by atoms with Crippen LogP contribution < -0.4 is 10.6 Å². The Morgan fingerprint density at radius 1 is 1.23 bits per heavy atom. The number of hydrogen-bond donors (Lipinski definition) is 2. The van der Waals surface area contributed by atoms with Gasteiger partial charge in [0.1, 0.15) is 12.1 Å². The predicted octanol–water partition coefficient (Wildman–Crippen LogP) is 1.37. The molecule has 0 atom stereocenters. The van der Waals surface area contributed by atoms with Gasteiger partial charge in [0.15, 0.2) is 0 Å². The van der Waals surface area contributed by atoms with E-state index < -0.39 is 6.09 Å². The normalized spacial score (nSPS) is 9.86. The number of rotatable bonds is 5. The van der Waals surface area contributed by atoms with Gasteiger partial charge >= 0.3 is 6.09 Å². The standard InChI is InChI=1S/C14H15N5O3/c1-2-22-14(21)17-8-11-7-10(3-6-16-11)13(20)19-12-4-5-15-9-18-12/h3-7,9H,2,8H2,1H3,(H,17,21)(H,15,18,19,20). The molecule has 2 amide bonds. The van der Waals surface area contributed by atoms with Crippen molar-refractivity contribution in [2.45, 2.75) is 13.5 Å². The van der Waals surface area contributed by atoms with Crippen LogP contribution in [-0.2, 0) is 11.3 Å². The summed E-state index contributed by atoms with van der Waals surface area (Å²) in [5.41, 5.74) is 0.956. The van der Waals surface area contributed by atoms with E-state index >= 15 is 0 Å². The second kappa shape index (κ2) is 7.67. The molecular formula is C14H15N5O3. The lowest BCUT2D eigenvalue weighted by atomic mass is 10.2. The Balaban J connectivity index is 1.98. The van der Waals surface area contributed by atoms with Crippen molar-refractivity contribution in [3.63, 3.8) is 0 Å². The molecule has 0 spiro atoms. The molecule has 0 unspecified atom stereocenters. The molecule has 22 heavy (non-hydrogen) atoms. The van der Waals surface area contributed by atoms with Crippen LogP contribution >= 0.6 is 0 Å². The maximum Gasteiger partial charge on any atom is 0.407 e. The number of pyridine rings is 1. The van der Waals surface area contributed by atoms with E-state index in [9.17, 15) is 9.59 Å². The molecule has 0 aromatic carbocycles. The lowest BCUT2D eigenvalue weighted by Gasteiger charge is -2.07. The molecule has 0 fully saturated rings. The summed E-state index contributed by atoms with van der Waals surface area (Å²) in [7, 11) is 0. The van der Waals surface area contributed by atoms with Gasteiger partial charge in [0.2, 0.25) is 0 Å². The molecule has 2 rings (SSSR count). The van der Waals surface area contributed by atoms with Crippen LogP contribution in [-0.4, -0.2) is 33.6 Å². The summed E-state index contributed by atoms with van der Waals surface area (Å²) in [6.07, 6.45) is 3.85. The van der Waals surface area contributed by atoms with E-state index in [4.69, 9.17) is 4.74 Å². The topological polar surface area (TPSA) is 106 Å². The zero-order valence-corrected chi connectivity index (χ0v) is 11.9. The zero-order valence-electron chi connectivity index (χ0n) is 11.9. The van der Waals surface area contributed by atoms with E-state index in [-0.39, 0.29) is 12.5 Å². The first-order valence-corrected chi connectivity index (χ1v) is 6.62. The Bertz CT molecular complexity index is 648. The maximum atomic E-state index is 12.1. The van der Waals surface area contributed by atoms with Gasteiger partial charge in [-0.05, 0) is 25.1 Å². The van der Waals surface area contributed by atoms with E-state index in [1.165, 1.54) is 18.7 Å². The van der Waals surface area contributed by atoms with Gasteiger partial charge in [0.05, 0.1) is 18.8 Å². The van der Waals surface area contributed by atoms with Crippen molar-refractivity contribution >= 4 is 17.8 Å². The van der Waals surface area contributed by atoms with Crippen molar-refractivity contribution in [2.75, 3.05) is 11.9 Å². The minimum atomic E-state index is -0.528. The fraction of sp³-hybridized carbons (Fsp3) is 0.214. The molecule has 2 aromatic heterocycles. The highest BCUT2D eigenvalue weighted by Gasteiger charge is 2.09. The monoisotopic (exact) mass is 301 g/mol. The smallest absolute Gasteiger partial charge is 0.407 e. The molecule has 114 valence electrons. The molecule has 2 heterocycles. The molecule has 0 aliphatic rings. The van der Waals surface area contributed by atoms with Crippen LogP contribution in [0, 0.1) is 0 Å². The molecule has 0 radical (unpaired) electrons. The van der Waals surface area contributed by atoms with Crippen molar-refractivity contribution in [2.24, 2.45) is 0 Å². The Morgan fingerprint density at radius 3 is 2.82 bits per heavy atom. The van der Waals surface area contributed by atoms with E-state index in [1.54, 1.807) is 25.1 Å². The number of hydrogen-bond acceptors (Lipinski definition) is 6. The second-order valence-corrected chi connectivity index (χ2v) is 4.16. The minimum absolute atomic E-state index is 0.174. The molecule has 0 saturated heterocycles. The lowest BCUT2D eigenvalue weighted by molar-refractivity contribution is 0.102. The van der Waals surface area contributed by atoms with Crippen LogP contribution in [0.1, 0.15) is 23.0 Å². The number of nitrogens with one attached hydrogen (secondary N) is 2. The fourth-order valence-electron chi connectivity index (χ4n) is 1.61. The number of anilines is 1. The first kappa shape index (κ1) is 15.4. The summed E-state index contributed by atoms with van der Waals surface area (Å²) in [4.78, 5) is 35.1. The maximum absolute atomic E-state index is 12.1. The third-order valence-corrected chi connectivity index (χ3v) is 2.59. The van der Waals surface area contributed by atoms with Gasteiger partial charge in [-0.25, -0.2) is 14.8 Å². The highest BCUT2D eigenvalue weighted by Crippen LogP contribution is 2.06. The van der Waals surface area contributed by atoms with Crippen LogP contribution in [0.3, 0.4) is 0 Å². The Morgan fingerprint density at radius 2 is 2.09 bits per heavy atom. The van der Waals surface area contributed by atoms with E-state index in [2.05, 4.69) is 25.6 Å². The highest BCUT2D eigenvalue weighted by atomic mass is 16.5. The first-order valence-electron chi connectivity index (χ1n) is 6.62. The molecule has 0 bridgehead atoms. The largest absolute Gasteiger partial charge is 0.450 e. The molecule has 0 aliphatic carbocycles. The average Bonchev–Trinajstić information content (AvgIpc) is 2.54. The second-order valence-electron chi connectivity index (χ2n) is 4.16. The van der Waals surface area contributed by atoms with Gasteiger partial charge in [0, 0.05) is 18.0 Å². The van der Waals surface area contributed by atoms with Crippen LogP contribution in [0.15, 0.2) is 36.9 Å². The zero-order chi connectivity index (χ0) is 15.8. The van der Waals surface area contributed by atoms with Crippen LogP contribution in [0.25, 0.3) is 0 Å². The molecule has 8 nitrogen and oxygen atoms in total. The van der Waals surface area contributed by atoms with Gasteiger partial charge in [0.25, 0.3) is 5.91 Å². The minimum Gasteiger partial charge on any atom is -0.450 e. The van der Waals surface area contributed by atoms with Crippen molar-refractivity contribution in [3.8, 4) is 0 Å². The van der Waals surface area contributed by atoms with Gasteiger partial charge in [-0.3, -0.25) is 9.78 Å². The molecule has 0 saturated carbocycles. The number of amides is 2. The summed E-state index contributed by atoms with van der Waals surface area (Å²) in [5.74, 6) is 0.0847. The summed E-state index contributed by atoms with van der Waals surface area (Å²) in [6.45, 7) is 2.18. The molecule has 2 N–H and O–H groups in total. The average molecular weight is 301 g/mol. The van der Waals surface area contributed by atoms with Crippen molar-refractivity contribution in [1.29, 1.82) is 0 Å². The Labute approximate surface area is 127 Å². The predicted molar refractivity (Wildman–Crippen MR) is 78.1 cm³/mol. The number of aromatic nitrogens is 3.